The predicted octanol–water partition coefficient (Wildman–Crippen LogP) is 4.52. The van der Waals surface area contributed by atoms with Crippen molar-refractivity contribution in [3.05, 3.63) is 35.4 Å². The van der Waals surface area contributed by atoms with Gasteiger partial charge in [0.15, 0.2) is 0 Å². The number of benzene rings is 1. The van der Waals surface area contributed by atoms with Gasteiger partial charge in [-0.1, -0.05) is 31.2 Å². The first-order valence-electron chi connectivity index (χ1n) is 8.67. The van der Waals surface area contributed by atoms with Gasteiger partial charge in [-0.2, -0.15) is 0 Å². The van der Waals surface area contributed by atoms with E-state index >= 15 is 0 Å². The summed E-state index contributed by atoms with van der Waals surface area (Å²) in [6.07, 6.45) is 4.80. The van der Waals surface area contributed by atoms with Gasteiger partial charge in [-0.05, 0) is 69.9 Å². The third kappa shape index (κ3) is 1.76. The first-order chi connectivity index (χ1) is 10.2. The molecule has 3 heteroatoms. The van der Waals surface area contributed by atoms with Crippen LogP contribution in [0.4, 0.5) is 0 Å². The molecule has 1 aliphatic heterocycles. The molecule has 4 fully saturated rings. The average Bonchev–Trinajstić information content (AvgIpc) is 2.55. The van der Waals surface area contributed by atoms with Gasteiger partial charge in [0.1, 0.15) is 0 Å². The van der Waals surface area contributed by atoms with Crippen molar-refractivity contribution in [1.29, 1.82) is 0 Å². The van der Waals surface area contributed by atoms with Crippen LogP contribution in [0.25, 0.3) is 0 Å². The lowest BCUT2D eigenvalue weighted by Gasteiger charge is -2.71. The molecule has 0 atom stereocenters. The van der Waals surface area contributed by atoms with Crippen LogP contribution in [0, 0.1) is 0 Å². The summed E-state index contributed by atoms with van der Waals surface area (Å²) in [6, 6.07) is 9.18. The Bertz CT molecular complexity index is 584. The molecule has 0 amide bonds. The molecule has 0 spiro atoms. The summed E-state index contributed by atoms with van der Waals surface area (Å²) in [5.41, 5.74) is 2.98. The van der Waals surface area contributed by atoms with Crippen LogP contribution in [0.5, 0.6) is 0 Å². The molecule has 22 heavy (non-hydrogen) atoms. The van der Waals surface area contributed by atoms with Crippen molar-refractivity contribution in [1.82, 2.24) is 0 Å². The maximum atomic E-state index is 6.31. The van der Waals surface area contributed by atoms with E-state index in [1.165, 1.54) is 30.4 Å². The molecule has 5 rings (SSSR count). The topological polar surface area (TPSA) is 18.5 Å². The van der Waals surface area contributed by atoms with E-state index in [0.29, 0.717) is 5.41 Å². The first-order valence-corrected chi connectivity index (χ1v) is 8.67. The highest BCUT2D eigenvalue weighted by Crippen LogP contribution is 2.80. The summed E-state index contributed by atoms with van der Waals surface area (Å²) in [4.78, 5) is 0. The largest absolute Gasteiger partial charge is 0.464 e. The zero-order chi connectivity index (χ0) is 15.8. The van der Waals surface area contributed by atoms with Crippen molar-refractivity contribution >= 4 is 7.12 Å². The standard InChI is InChI=1S/C19H27BO2/c1-6-14-8-7-9-15(10-14)18-11-19(12-18,13-18)20-21-16(2,3)17(4,5)22-20/h7-10H,6,11-13H2,1-5H3. The van der Waals surface area contributed by atoms with E-state index in [9.17, 15) is 0 Å². The SMILES string of the molecule is CCc1cccc(C23CC(B4OC(C)(C)C(C)(C)O4)(C2)C3)c1. The molecule has 0 N–H and O–H groups in total. The third-order valence-corrected chi connectivity index (χ3v) is 6.77. The zero-order valence-corrected chi connectivity index (χ0v) is 14.5. The normalized spacial score (nSPS) is 37.6. The summed E-state index contributed by atoms with van der Waals surface area (Å²) in [5.74, 6) is 0. The van der Waals surface area contributed by atoms with Crippen LogP contribution in [0.1, 0.15) is 65.0 Å². The van der Waals surface area contributed by atoms with E-state index < -0.39 is 0 Å². The molecule has 3 saturated carbocycles. The summed E-state index contributed by atoms with van der Waals surface area (Å²) in [5, 5.41) is 0.271. The van der Waals surface area contributed by atoms with E-state index in [2.05, 4.69) is 58.9 Å². The molecule has 0 aromatic heterocycles. The molecular formula is C19H27BO2. The maximum Gasteiger partial charge on any atom is 0.464 e. The Morgan fingerprint density at radius 2 is 1.59 bits per heavy atom. The molecule has 1 heterocycles. The molecule has 4 aliphatic rings. The number of hydrogen-bond donors (Lipinski definition) is 0. The fourth-order valence-corrected chi connectivity index (χ4v) is 4.64. The van der Waals surface area contributed by atoms with E-state index in [0.717, 1.165) is 6.42 Å². The lowest BCUT2D eigenvalue weighted by molar-refractivity contribution is -0.0383. The third-order valence-electron chi connectivity index (χ3n) is 6.77. The van der Waals surface area contributed by atoms with E-state index in [1.54, 1.807) is 0 Å². The Hall–Kier alpha value is -0.795. The van der Waals surface area contributed by atoms with Gasteiger partial charge in [-0.3, -0.25) is 0 Å². The minimum Gasteiger partial charge on any atom is -0.403 e. The van der Waals surface area contributed by atoms with Gasteiger partial charge < -0.3 is 9.31 Å². The monoisotopic (exact) mass is 298 g/mol. The zero-order valence-electron chi connectivity index (χ0n) is 14.5. The molecule has 118 valence electrons. The number of hydrogen-bond acceptors (Lipinski definition) is 2. The molecule has 3 aliphatic carbocycles. The van der Waals surface area contributed by atoms with Crippen molar-refractivity contribution in [2.75, 3.05) is 0 Å². The van der Waals surface area contributed by atoms with Crippen molar-refractivity contribution in [3.8, 4) is 0 Å². The fourth-order valence-electron chi connectivity index (χ4n) is 4.64. The van der Waals surface area contributed by atoms with Crippen LogP contribution in [0.2, 0.25) is 5.31 Å². The summed E-state index contributed by atoms with van der Waals surface area (Å²) in [6.45, 7) is 10.8. The number of rotatable bonds is 3. The summed E-state index contributed by atoms with van der Waals surface area (Å²) in [7, 11) is -0.0197. The summed E-state index contributed by atoms with van der Waals surface area (Å²) >= 11 is 0. The molecular weight excluding hydrogens is 271 g/mol. The molecule has 0 unspecified atom stereocenters. The second-order valence-electron chi connectivity index (χ2n) is 8.82. The highest BCUT2D eigenvalue weighted by molar-refractivity contribution is 6.51. The lowest BCUT2D eigenvalue weighted by atomic mass is 9.23. The van der Waals surface area contributed by atoms with E-state index in [-0.39, 0.29) is 23.6 Å². The molecule has 0 radical (unpaired) electrons. The van der Waals surface area contributed by atoms with Crippen LogP contribution >= 0.6 is 0 Å². The van der Waals surface area contributed by atoms with E-state index in [1.807, 2.05) is 0 Å². The second kappa shape index (κ2) is 4.18. The highest BCUT2D eigenvalue weighted by atomic mass is 16.7. The maximum absolute atomic E-state index is 6.31. The molecule has 2 nitrogen and oxygen atoms in total. The van der Waals surface area contributed by atoms with Crippen LogP contribution < -0.4 is 0 Å². The van der Waals surface area contributed by atoms with Crippen LogP contribution in [0.3, 0.4) is 0 Å². The van der Waals surface area contributed by atoms with Crippen LogP contribution in [-0.2, 0) is 21.1 Å². The Labute approximate surface area is 134 Å². The van der Waals surface area contributed by atoms with Gasteiger partial charge in [0.05, 0.1) is 11.2 Å². The van der Waals surface area contributed by atoms with Crippen LogP contribution in [0.15, 0.2) is 24.3 Å². The van der Waals surface area contributed by atoms with Gasteiger partial charge in [0, 0.05) is 5.31 Å². The Morgan fingerprint density at radius 1 is 1.00 bits per heavy atom. The Kier molecular flexibility index (Phi) is 2.81. The van der Waals surface area contributed by atoms with Crippen LogP contribution in [-0.4, -0.2) is 18.3 Å². The fraction of sp³-hybridized carbons (Fsp3) is 0.684. The minimum absolute atomic E-state index is 0.0197. The smallest absolute Gasteiger partial charge is 0.403 e. The molecule has 1 aromatic carbocycles. The van der Waals surface area contributed by atoms with Gasteiger partial charge in [-0.15, -0.1) is 0 Å². The van der Waals surface area contributed by atoms with Crippen molar-refractivity contribution < 1.29 is 9.31 Å². The average molecular weight is 298 g/mol. The van der Waals surface area contributed by atoms with Crippen molar-refractivity contribution in [3.63, 3.8) is 0 Å². The number of aryl methyl sites for hydroxylation is 1. The molecule has 1 aromatic rings. The lowest BCUT2D eigenvalue weighted by Crippen LogP contribution is -2.66. The van der Waals surface area contributed by atoms with Gasteiger partial charge in [0.25, 0.3) is 0 Å². The predicted molar refractivity (Wildman–Crippen MR) is 90.1 cm³/mol. The molecule has 2 bridgehead atoms. The van der Waals surface area contributed by atoms with Crippen molar-refractivity contribution in [2.24, 2.45) is 0 Å². The van der Waals surface area contributed by atoms with Gasteiger partial charge in [-0.25, -0.2) is 0 Å². The van der Waals surface area contributed by atoms with Crippen molar-refractivity contribution in [2.45, 2.75) is 82.2 Å². The minimum atomic E-state index is -0.206. The Balaban J connectivity index is 1.50. The van der Waals surface area contributed by atoms with Gasteiger partial charge in [0.2, 0.25) is 0 Å². The molecule has 1 saturated heterocycles. The Morgan fingerprint density at radius 3 is 2.14 bits per heavy atom. The quantitative estimate of drug-likeness (QED) is 0.764. The second-order valence-corrected chi connectivity index (χ2v) is 8.82. The van der Waals surface area contributed by atoms with Gasteiger partial charge >= 0.3 is 7.12 Å². The summed E-state index contributed by atoms with van der Waals surface area (Å²) < 4.78 is 12.6. The highest BCUT2D eigenvalue weighted by Gasteiger charge is 2.76. The van der Waals surface area contributed by atoms with E-state index in [4.69, 9.17) is 9.31 Å². The first kappa shape index (κ1) is 14.8.